The van der Waals surface area contributed by atoms with Crippen molar-refractivity contribution in [2.24, 2.45) is 0 Å². The number of hydrogen-bond acceptors (Lipinski definition) is 3. The molecule has 0 saturated carbocycles. The van der Waals surface area contributed by atoms with Gasteiger partial charge in [-0.1, -0.05) is 0 Å². The lowest BCUT2D eigenvalue weighted by Gasteiger charge is -2.16. The molecule has 0 aliphatic rings. The van der Waals surface area contributed by atoms with E-state index < -0.39 is 11.9 Å². The fourth-order valence-corrected chi connectivity index (χ4v) is 2.26. The molecule has 0 aromatic carbocycles. The molecule has 0 radical (unpaired) electrons. The normalized spacial score (nSPS) is 11.8. The molecule has 0 saturated heterocycles. The molecular formula is C15H20F3N5O. The van der Waals surface area contributed by atoms with Crippen LogP contribution in [0.1, 0.15) is 30.4 Å². The monoisotopic (exact) mass is 343 g/mol. The molecule has 0 N–H and O–H groups in total. The lowest BCUT2D eigenvalue weighted by atomic mass is 10.3. The quantitative estimate of drug-likeness (QED) is 0.810. The first-order valence-electron chi connectivity index (χ1n) is 7.58. The predicted molar refractivity (Wildman–Crippen MR) is 81.0 cm³/mol. The Morgan fingerprint density at radius 3 is 2.58 bits per heavy atom. The lowest BCUT2D eigenvalue weighted by Crippen LogP contribution is -2.27. The Morgan fingerprint density at radius 1 is 1.33 bits per heavy atom. The zero-order valence-electron chi connectivity index (χ0n) is 13.8. The molecule has 0 spiro atoms. The van der Waals surface area contributed by atoms with Gasteiger partial charge in [0.2, 0.25) is 5.91 Å². The van der Waals surface area contributed by atoms with Crippen molar-refractivity contribution < 1.29 is 18.0 Å². The van der Waals surface area contributed by atoms with E-state index >= 15 is 0 Å². The van der Waals surface area contributed by atoms with Gasteiger partial charge in [-0.25, -0.2) is 0 Å². The molecule has 0 bridgehead atoms. The van der Waals surface area contributed by atoms with E-state index in [1.807, 2.05) is 19.2 Å². The van der Waals surface area contributed by atoms with E-state index in [0.29, 0.717) is 12.2 Å². The van der Waals surface area contributed by atoms with Crippen LogP contribution in [-0.2, 0) is 30.6 Å². The summed E-state index contributed by atoms with van der Waals surface area (Å²) in [6.45, 7) is 4.71. The van der Waals surface area contributed by atoms with Crippen LogP contribution in [0.4, 0.5) is 13.2 Å². The van der Waals surface area contributed by atoms with Crippen LogP contribution in [0.2, 0.25) is 0 Å². The molecule has 1 amide bonds. The number of amides is 1. The second-order valence-electron chi connectivity index (χ2n) is 5.55. The van der Waals surface area contributed by atoms with Crippen molar-refractivity contribution in [3.8, 4) is 0 Å². The fourth-order valence-electron chi connectivity index (χ4n) is 2.26. The van der Waals surface area contributed by atoms with E-state index in [0.717, 1.165) is 18.3 Å². The third kappa shape index (κ3) is 4.36. The average Bonchev–Trinajstić information content (AvgIpc) is 3.10. The highest BCUT2D eigenvalue weighted by Gasteiger charge is 2.34. The second-order valence-corrected chi connectivity index (χ2v) is 5.55. The first kappa shape index (κ1) is 18.0. The Morgan fingerprint density at radius 2 is 2.04 bits per heavy atom. The smallest absolute Gasteiger partial charge is 0.340 e. The van der Waals surface area contributed by atoms with Gasteiger partial charge in [-0.3, -0.25) is 14.2 Å². The van der Waals surface area contributed by atoms with Gasteiger partial charge in [0.25, 0.3) is 0 Å². The van der Waals surface area contributed by atoms with Crippen molar-refractivity contribution in [1.29, 1.82) is 0 Å². The highest BCUT2D eigenvalue weighted by atomic mass is 19.4. The van der Waals surface area contributed by atoms with Crippen LogP contribution in [0.3, 0.4) is 0 Å². The van der Waals surface area contributed by atoms with Crippen LogP contribution in [0.25, 0.3) is 0 Å². The number of rotatable bonds is 6. The molecule has 0 atom stereocenters. The van der Waals surface area contributed by atoms with Gasteiger partial charge in [0.1, 0.15) is 0 Å². The molecule has 0 aliphatic heterocycles. The number of carbonyl (C=O) groups excluding carboxylic acids is 1. The summed E-state index contributed by atoms with van der Waals surface area (Å²) in [4.78, 5) is 13.6. The van der Waals surface area contributed by atoms with E-state index in [-0.39, 0.29) is 18.9 Å². The van der Waals surface area contributed by atoms with Gasteiger partial charge in [0.05, 0.1) is 12.2 Å². The summed E-state index contributed by atoms with van der Waals surface area (Å²) in [5.41, 5.74) is 0.202. The number of nitrogens with zero attached hydrogens (tertiary/aromatic N) is 5. The van der Waals surface area contributed by atoms with Crippen LogP contribution in [0.15, 0.2) is 18.3 Å². The Hall–Kier alpha value is -2.32. The van der Waals surface area contributed by atoms with Crippen molar-refractivity contribution in [3.63, 3.8) is 0 Å². The third-order valence-corrected chi connectivity index (χ3v) is 3.65. The van der Waals surface area contributed by atoms with Crippen LogP contribution >= 0.6 is 0 Å². The SMILES string of the molecule is CCn1ccc(CN(C)C(=O)CCn2nc(C(F)(F)F)cc2C)n1. The molecule has 0 aliphatic carbocycles. The van der Waals surface area contributed by atoms with Gasteiger partial charge in [-0.2, -0.15) is 23.4 Å². The number of hydrogen-bond donors (Lipinski definition) is 0. The zero-order valence-corrected chi connectivity index (χ0v) is 13.8. The van der Waals surface area contributed by atoms with Gasteiger partial charge >= 0.3 is 6.18 Å². The second kappa shape index (κ2) is 7.06. The van der Waals surface area contributed by atoms with Crippen LogP contribution in [0, 0.1) is 6.92 Å². The topological polar surface area (TPSA) is 56.0 Å². The Bertz CT molecular complexity index is 704. The maximum Gasteiger partial charge on any atom is 0.435 e. The predicted octanol–water partition coefficient (Wildman–Crippen LogP) is 2.48. The van der Waals surface area contributed by atoms with Gasteiger partial charge in [-0.05, 0) is 26.0 Å². The summed E-state index contributed by atoms with van der Waals surface area (Å²) in [6, 6.07) is 2.81. The van der Waals surface area contributed by atoms with Gasteiger partial charge < -0.3 is 4.90 Å². The minimum Gasteiger partial charge on any atom is -0.340 e. The lowest BCUT2D eigenvalue weighted by molar-refractivity contribution is -0.141. The van der Waals surface area contributed by atoms with E-state index in [1.165, 1.54) is 16.5 Å². The Kier molecular flexibility index (Phi) is 5.30. The number of halogens is 3. The zero-order chi connectivity index (χ0) is 17.9. The van der Waals surface area contributed by atoms with Crippen molar-refractivity contribution in [3.05, 3.63) is 35.4 Å². The molecular weight excluding hydrogens is 323 g/mol. The van der Waals surface area contributed by atoms with Crippen molar-refractivity contribution in [2.45, 2.75) is 46.1 Å². The van der Waals surface area contributed by atoms with Crippen LogP contribution in [0.5, 0.6) is 0 Å². The van der Waals surface area contributed by atoms with Crippen molar-refractivity contribution >= 4 is 5.91 Å². The number of alkyl halides is 3. The first-order chi connectivity index (χ1) is 11.2. The van der Waals surface area contributed by atoms with Gasteiger partial charge in [0.15, 0.2) is 5.69 Å². The molecule has 2 aromatic heterocycles. The van der Waals surface area contributed by atoms with E-state index in [9.17, 15) is 18.0 Å². The molecule has 2 rings (SSSR count). The van der Waals surface area contributed by atoms with Gasteiger partial charge in [-0.15, -0.1) is 0 Å². The summed E-state index contributed by atoms with van der Waals surface area (Å²) in [6.07, 6.45) is -2.57. The van der Waals surface area contributed by atoms with E-state index in [4.69, 9.17) is 0 Å². The van der Waals surface area contributed by atoms with Crippen LogP contribution < -0.4 is 0 Å². The Balaban J connectivity index is 1.91. The molecule has 0 unspecified atom stereocenters. The molecule has 2 aromatic rings. The summed E-state index contributed by atoms with van der Waals surface area (Å²) >= 11 is 0. The highest BCUT2D eigenvalue weighted by Crippen LogP contribution is 2.28. The minimum absolute atomic E-state index is 0.0742. The number of aryl methyl sites for hydroxylation is 3. The molecule has 9 heteroatoms. The van der Waals surface area contributed by atoms with E-state index in [1.54, 1.807) is 11.7 Å². The molecule has 2 heterocycles. The summed E-state index contributed by atoms with van der Waals surface area (Å²) in [7, 11) is 1.64. The van der Waals surface area contributed by atoms with Crippen molar-refractivity contribution in [2.75, 3.05) is 7.05 Å². The molecule has 132 valence electrons. The highest BCUT2D eigenvalue weighted by molar-refractivity contribution is 5.75. The number of aromatic nitrogens is 4. The van der Waals surface area contributed by atoms with Crippen molar-refractivity contribution in [1.82, 2.24) is 24.5 Å². The Labute approximate surface area is 137 Å². The summed E-state index contributed by atoms with van der Waals surface area (Å²) < 4.78 is 40.8. The summed E-state index contributed by atoms with van der Waals surface area (Å²) in [5, 5.41) is 7.81. The van der Waals surface area contributed by atoms with Crippen LogP contribution in [-0.4, -0.2) is 37.4 Å². The largest absolute Gasteiger partial charge is 0.435 e. The fraction of sp³-hybridized carbons (Fsp3) is 0.533. The summed E-state index contributed by atoms with van der Waals surface area (Å²) in [5.74, 6) is -0.176. The third-order valence-electron chi connectivity index (χ3n) is 3.65. The average molecular weight is 343 g/mol. The van der Waals surface area contributed by atoms with Gasteiger partial charge in [0, 0.05) is 38.4 Å². The maximum absolute atomic E-state index is 12.6. The standard InChI is InChI=1S/C15H20F3N5O/c1-4-22-7-5-12(19-22)10-21(3)14(24)6-8-23-11(2)9-13(20-23)15(16,17)18/h5,7,9H,4,6,8,10H2,1-3H3. The number of carbonyl (C=O) groups is 1. The molecule has 6 nitrogen and oxygen atoms in total. The molecule has 24 heavy (non-hydrogen) atoms. The first-order valence-corrected chi connectivity index (χ1v) is 7.58. The molecule has 0 fully saturated rings. The van der Waals surface area contributed by atoms with E-state index in [2.05, 4.69) is 10.2 Å². The maximum atomic E-state index is 12.6. The minimum atomic E-state index is -4.48.